The van der Waals surface area contributed by atoms with Crippen molar-refractivity contribution >= 4 is 17.7 Å². The molecule has 0 saturated heterocycles. The molecule has 1 aliphatic heterocycles. The van der Waals surface area contributed by atoms with E-state index in [1.165, 1.54) is 0 Å². The number of carbonyl (C=O) groups is 3. The van der Waals surface area contributed by atoms with Gasteiger partial charge in [0.2, 0.25) is 0 Å². The lowest BCUT2D eigenvalue weighted by molar-refractivity contribution is -0.139. The summed E-state index contributed by atoms with van der Waals surface area (Å²) in [5.74, 6) is -1.62. The molecule has 0 fully saturated rings. The van der Waals surface area contributed by atoms with Crippen molar-refractivity contribution in [1.82, 2.24) is 15.0 Å². The molecule has 3 rings (SSSR count). The first-order chi connectivity index (χ1) is 11.0. The molecule has 1 aliphatic rings. The molecule has 0 spiro atoms. The summed E-state index contributed by atoms with van der Waals surface area (Å²) in [6, 6.07) is 11.0. The highest BCUT2D eigenvalue weighted by atomic mass is 16.2. The molecule has 2 aromatic rings. The van der Waals surface area contributed by atoms with E-state index in [9.17, 15) is 14.4 Å². The number of carbonyl (C=O) groups excluding carboxylic acids is 3. The summed E-state index contributed by atoms with van der Waals surface area (Å²) < 4.78 is 2.07. The first-order valence-corrected chi connectivity index (χ1v) is 7.10. The second-order valence-electron chi connectivity index (χ2n) is 5.28. The Bertz CT molecular complexity index is 794. The molecule has 116 valence electrons. The zero-order valence-corrected chi connectivity index (χ0v) is 12.7. The van der Waals surface area contributed by atoms with E-state index < -0.39 is 17.7 Å². The van der Waals surface area contributed by atoms with Gasteiger partial charge in [-0.25, -0.2) is 0 Å². The van der Waals surface area contributed by atoms with E-state index in [2.05, 4.69) is 9.99 Å². The van der Waals surface area contributed by atoms with Crippen LogP contribution in [0.25, 0.3) is 5.69 Å². The average molecular weight is 309 g/mol. The Morgan fingerprint density at radius 2 is 1.39 bits per heavy atom. The van der Waals surface area contributed by atoms with Crippen molar-refractivity contribution in [2.24, 2.45) is 0 Å². The first kappa shape index (κ1) is 14.8. The summed E-state index contributed by atoms with van der Waals surface area (Å²) in [4.78, 5) is 35.0. The van der Waals surface area contributed by atoms with E-state index in [0.717, 1.165) is 29.2 Å². The standard InChI is InChI=1S/C17H15N3O3/c1-11-3-4-12(2)19(11)14-7-5-13(6-8-14)17(23)18-20-15(21)9-10-16(20)22/h3-10H,1-2H3,(H,18,23). The molecule has 3 amide bonds. The predicted molar refractivity (Wildman–Crippen MR) is 83.7 cm³/mol. The molecule has 0 aliphatic carbocycles. The van der Waals surface area contributed by atoms with Crippen molar-refractivity contribution in [2.45, 2.75) is 13.8 Å². The van der Waals surface area contributed by atoms with Crippen LogP contribution in [0.1, 0.15) is 21.7 Å². The smallest absolute Gasteiger partial charge is 0.272 e. The third-order valence-electron chi connectivity index (χ3n) is 3.68. The number of nitrogens with one attached hydrogen (secondary N) is 1. The van der Waals surface area contributed by atoms with Crippen LogP contribution in [0.2, 0.25) is 0 Å². The van der Waals surface area contributed by atoms with Crippen LogP contribution >= 0.6 is 0 Å². The van der Waals surface area contributed by atoms with Crippen molar-refractivity contribution in [3.8, 4) is 5.69 Å². The molecule has 6 nitrogen and oxygen atoms in total. The van der Waals surface area contributed by atoms with E-state index in [-0.39, 0.29) is 0 Å². The SMILES string of the molecule is Cc1ccc(C)n1-c1ccc(C(=O)NN2C(=O)C=CC2=O)cc1. The molecule has 6 heteroatoms. The molecule has 1 N–H and O–H groups in total. The Kier molecular flexibility index (Phi) is 3.57. The lowest BCUT2D eigenvalue weighted by Crippen LogP contribution is -2.45. The number of imide groups is 1. The fourth-order valence-electron chi connectivity index (χ4n) is 2.51. The maximum absolute atomic E-state index is 12.1. The van der Waals surface area contributed by atoms with Gasteiger partial charge in [-0.2, -0.15) is 5.01 Å². The highest BCUT2D eigenvalue weighted by molar-refractivity contribution is 6.14. The number of hydrogen-bond acceptors (Lipinski definition) is 3. The Labute approximate surface area is 133 Å². The van der Waals surface area contributed by atoms with Crippen LogP contribution in [0.3, 0.4) is 0 Å². The van der Waals surface area contributed by atoms with Crippen molar-refractivity contribution in [2.75, 3.05) is 0 Å². The largest absolute Gasteiger partial charge is 0.319 e. The number of hydrazine groups is 1. The minimum atomic E-state index is -0.557. The lowest BCUT2D eigenvalue weighted by atomic mass is 10.2. The van der Waals surface area contributed by atoms with Crippen LogP contribution in [-0.2, 0) is 9.59 Å². The summed E-state index contributed by atoms with van der Waals surface area (Å²) >= 11 is 0. The summed E-state index contributed by atoms with van der Waals surface area (Å²) in [6.07, 6.45) is 2.23. The zero-order chi connectivity index (χ0) is 16.6. The van der Waals surface area contributed by atoms with Crippen molar-refractivity contribution in [1.29, 1.82) is 0 Å². The van der Waals surface area contributed by atoms with E-state index in [1.54, 1.807) is 12.1 Å². The van der Waals surface area contributed by atoms with Crippen LogP contribution in [-0.4, -0.2) is 27.3 Å². The van der Waals surface area contributed by atoms with Crippen LogP contribution in [0.5, 0.6) is 0 Å². The number of aryl methyl sites for hydroxylation is 2. The Morgan fingerprint density at radius 3 is 1.91 bits per heavy atom. The molecule has 0 bridgehead atoms. The minimum absolute atomic E-state index is 0.365. The van der Waals surface area contributed by atoms with Gasteiger partial charge in [-0.05, 0) is 50.2 Å². The van der Waals surface area contributed by atoms with Gasteiger partial charge in [-0.15, -0.1) is 0 Å². The molecular formula is C17H15N3O3. The highest BCUT2D eigenvalue weighted by Gasteiger charge is 2.25. The van der Waals surface area contributed by atoms with Gasteiger partial charge in [0.1, 0.15) is 0 Å². The zero-order valence-electron chi connectivity index (χ0n) is 12.7. The van der Waals surface area contributed by atoms with Crippen LogP contribution in [0, 0.1) is 13.8 Å². The third kappa shape index (κ3) is 2.66. The highest BCUT2D eigenvalue weighted by Crippen LogP contribution is 2.17. The van der Waals surface area contributed by atoms with Gasteiger partial charge in [-0.1, -0.05) is 0 Å². The molecule has 0 unspecified atom stereocenters. The maximum atomic E-state index is 12.1. The van der Waals surface area contributed by atoms with Gasteiger partial charge in [0, 0.05) is 34.8 Å². The number of nitrogens with zero attached hydrogens (tertiary/aromatic N) is 2. The van der Waals surface area contributed by atoms with Gasteiger partial charge in [-0.3, -0.25) is 19.8 Å². The molecular weight excluding hydrogens is 294 g/mol. The average Bonchev–Trinajstić information content (AvgIpc) is 3.03. The van der Waals surface area contributed by atoms with Gasteiger partial charge >= 0.3 is 0 Å². The number of hydrogen-bond donors (Lipinski definition) is 1. The van der Waals surface area contributed by atoms with Gasteiger partial charge in [0.25, 0.3) is 17.7 Å². The normalized spacial score (nSPS) is 13.7. The molecule has 2 heterocycles. The van der Waals surface area contributed by atoms with E-state index in [4.69, 9.17) is 0 Å². The number of rotatable bonds is 3. The quantitative estimate of drug-likeness (QED) is 0.877. The molecule has 23 heavy (non-hydrogen) atoms. The van der Waals surface area contributed by atoms with Crippen molar-refractivity contribution in [3.63, 3.8) is 0 Å². The number of benzene rings is 1. The Morgan fingerprint density at radius 1 is 0.870 bits per heavy atom. The summed E-state index contributed by atoms with van der Waals surface area (Å²) in [5, 5.41) is 0.691. The van der Waals surface area contributed by atoms with E-state index in [1.807, 2.05) is 38.1 Å². The monoisotopic (exact) mass is 309 g/mol. The molecule has 1 aromatic carbocycles. The van der Waals surface area contributed by atoms with Gasteiger partial charge in [0.15, 0.2) is 0 Å². The van der Waals surface area contributed by atoms with Crippen molar-refractivity contribution in [3.05, 3.63) is 65.5 Å². The third-order valence-corrected chi connectivity index (χ3v) is 3.68. The summed E-state index contributed by atoms with van der Waals surface area (Å²) in [7, 11) is 0. The van der Waals surface area contributed by atoms with Gasteiger partial charge < -0.3 is 4.57 Å². The second-order valence-corrected chi connectivity index (χ2v) is 5.28. The number of aromatic nitrogens is 1. The maximum Gasteiger partial charge on any atom is 0.272 e. The fourth-order valence-corrected chi connectivity index (χ4v) is 2.51. The predicted octanol–water partition coefficient (Wildman–Crippen LogP) is 1.66. The van der Waals surface area contributed by atoms with E-state index in [0.29, 0.717) is 10.6 Å². The van der Waals surface area contributed by atoms with Crippen molar-refractivity contribution < 1.29 is 14.4 Å². The Balaban J connectivity index is 1.79. The van der Waals surface area contributed by atoms with Crippen LogP contribution in [0.15, 0.2) is 48.6 Å². The molecule has 0 radical (unpaired) electrons. The first-order valence-electron chi connectivity index (χ1n) is 7.10. The van der Waals surface area contributed by atoms with Crippen LogP contribution in [0.4, 0.5) is 0 Å². The molecule has 1 aromatic heterocycles. The second kappa shape index (κ2) is 5.57. The van der Waals surface area contributed by atoms with E-state index >= 15 is 0 Å². The topological polar surface area (TPSA) is 71.4 Å². The summed E-state index contributed by atoms with van der Waals surface area (Å²) in [6.45, 7) is 4.01. The molecule has 0 saturated carbocycles. The van der Waals surface area contributed by atoms with Gasteiger partial charge in [0.05, 0.1) is 0 Å². The minimum Gasteiger partial charge on any atom is -0.319 e. The summed E-state index contributed by atoms with van der Waals surface area (Å²) in [5.41, 5.74) is 5.80. The Hall–Kier alpha value is -3.15. The fraction of sp³-hybridized carbons (Fsp3) is 0.118. The lowest BCUT2D eigenvalue weighted by Gasteiger charge is -2.15. The molecule has 0 atom stereocenters. The number of amides is 3. The van der Waals surface area contributed by atoms with Crippen LogP contribution < -0.4 is 5.43 Å².